The number of amides is 1. The summed E-state index contributed by atoms with van der Waals surface area (Å²) in [5, 5.41) is 12.1. The van der Waals surface area contributed by atoms with Gasteiger partial charge in [-0.15, -0.1) is 0 Å². The molecule has 29 heteroatoms. The van der Waals surface area contributed by atoms with Gasteiger partial charge < -0.3 is 60.5 Å². The van der Waals surface area contributed by atoms with Gasteiger partial charge in [0.2, 0.25) is 0 Å². The smallest absolute Gasteiger partial charge is 0.335 e. The van der Waals surface area contributed by atoms with Crippen molar-refractivity contribution in [2.45, 2.75) is 133 Å². The largest absolute Gasteiger partial charge is 0.414 e. The number of nitrogens with one attached hydrogen (secondary N) is 2. The lowest BCUT2D eigenvalue weighted by Gasteiger charge is -2.51. The molecular formula is C44H58FN9O14P2SSi2. The number of hydrogen-bond acceptors (Lipinski definition) is 19. The zero-order valence-electron chi connectivity index (χ0n) is 41.2. The molecule has 10 atom stereocenters. The summed E-state index contributed by atoms with van der Waals surface area (Å²) in [7, 11) is -10.2. The van der Waals surface area contributed by atoms with E-state index >= 15 is 4.39 Å². The first kappa shape index (κ1) is 53.8. The number of fused-ring (bicyclic) bond motifs is 5. The second-order valence-corrected chi connectivity index (χ2v) is 32.1. The fourth-order valence-electron chi connectivity index (χ4n) is 10.2. The molecule has 9 rings (SSSR count). The van der Waals surface area contributed by atoms with Crippen molar-refractivity contribution in [1.29, 1.82) is 5.26 Å². The van der Waals surface area contributed by atoms with E-state index < -0.39 is 105 Å². The Morgan fingerprint density at radius 1 is 1.03 bits per heavy atom. The normalized spacial score (nSPS) is 27.9. The maximum atomic E-state index is 15.9. The number of hydrogen-bond donors (Lipinski definition) is 3. The minimum Gasteiger partial charge on any atom is -0.414 e. The van der Waals surface area contributed by atoms with E-state index in [1.165, 1.54) is 21.8 Å². The van der Waals surface area contributed by atoms with Crippen LogP contribution in [0.2, 0.25) is 22.2 Å². The van der Waals surface area contributed by atoms with Crippen molar-refractivity contribution in [2.75, 3.05) is 31.7 Å². The summed E-state index contributed by atoms with van der Waals surface area (Å²) in [4.78, 5) is 56.4. The van der Waals surface area contributed by atoms with Crippen molar-refractivity contribution in [1.82, 2.24) is 34.1 Å². The van der Waals surface area contributed by atoms with Gasteiger partial charge in [0, 0.05) is 11.8 Å². The highest BCUT2D eigenvalue weighted by Crippen LogP contribution is 2.59. The number of carbonyl (C=O) groups is 1. The Morgan fingerprint density at radius 3 is 2.44 bits per heavy atom. The average molecular weight is 1110 g/mol. The molecule has 5 aromatic rings. The first-order valence-electron chi connectivity index (χ1n) is 23.9. The number of aromatic nitrogens is 7. The first-order valence-corrected chi connectivity index (χ1v) is 31.6. The van der Waals surface area contributed by atoms with Crippen LogP contribution >= 0.6 is 15.0 Å². The van der Waals surface area contributed by atoms with Gasteiger partial charge >= 0.3 is 32.1 Å². The van der Waals surface area contributed by atoms with Gasteiger partial charge in [0.25, 0.3) is 11.5 Å². The van der Waals surface area contributed by atoms with Crippen molar-refractivity contribution in [3.8, 4) is 6.07 Å². The standard InChI is InChI=1S/C44H58FN9O14P2SSi2/c1-24(2)72(25(3)4)62-18-30-33(67-73(68-72,26(5)6)27(7)8)34(42(63-30)53-17-29(45)31-38(53)48-22-50-41(31)56)66-70(71,60-16-12-15-46)61-20-44-19-59-35(36(44)65-69(57)58)43(64-44)54-23-51-32-37(47-21-49-39(32)54)52-40(55)28-13-10-9-11-14-28/h9-11,13-14,17,21-27,30,33-36,42-43,69H,12,16,18-20H2,1-8H3,(H,57,58)(H,48,50,56)(H,47,49,52,55)/t30-,33-,34-,35-,36+,42-,43-,44-,70?/m1/s1. The highest BCUT2D eigenvalue weighted by Gasteiger charge is 2.66. The number of anilines is 1. The first-order chi connectivity index (χ1) is 34.8. The molecule has 1 aromatic carbocycles. The Balaban J connectivity index is 1.08. The Hall–Kier alpha value is -4.05. The Bertz CT molecular complexity index is 3010. The summed E-state index contributed by atoms with van der Waals surface area (Å²) in [6.07, 6.45) is -3.19. The molecule has 23 nitrogen and oxygen atoms in total. The summed E-state index contributed by atoms with van der Waals surface area (Å²) < 4.78 is 98.6. The number of nitriles is 1. The van der Waals surface area contributed by atoms with E-state index in [1.807, 2.05) is 33.8 Å². The minimum absolute atomic E-state index is 0.00730. The summed E-state index contributed by atoms with van der Waals surface area (Å²) in [5.41, 5.74) is -1.92. The van der Waals surface area contributed by atoms with Crippen LogP contribution in [0.1, 0.15) is 84.6 Å². The number of benzene rings is 1. The van der Waals surface area contributed by atoms with Crippen molar-refractivity contribution in [2.24, 2.45) is 0 Å². The van der Waals surface area contributed by atoms with Crippen molar-refractivity contribution >= 4 is 77.8 Å². The van der Waals surface area contributed by atoms with E-state index in [9.17, 15) is 24.3 Å². The van der Waals surface area contributed by atoms with E-state index in [4.69, 9.17) is 57.1 Å². The second kappa shape index (κ2) is 21.2. The van der Waals surface area contributed by atoms with Crippen LogP contribution in [-0.4, -0.2) is 125 Å². The molecule has 3 N–H and O–H groups in total. The fraction of sp³-hybridized carbons (Fsp3) is 0.568. The van der Waals surface area contributed by atoms with E-state index in [0.29, 0.717) is 5.56 Å². The Labute approximate surface area is 427 Å². The van der Waals surface area contributed by atoms with Crippen molar-refractivity contribution in [3.05, 3.63) is 77.2 Å². The number of ether oxygens (including phenoxy) is 3. The number of rotatable bonds is 18. The molecule has 0 spiro atoms. The SMILES string of the molecule is CC(C)[Si]1(C(C)C)OC[C@H]2O[C@@H](n3cc(F)c4c(=O)[nH]cnc43)[C@H](OP(=S)(OCCC#N)OC[C@@]34CO[C@@H]([C@H](n5cnc6c(NC(=O)c7ccccc7)ncnc65)O3)[C@@H]4O[PH](=O)O)[C@@H]2O[Si](C(C)C)(C(C)C)O1. The number of imidazole rings is 1. The van der Waals surface area contributed by atoms with Crippen LogP contribution in [0.4, 0.5) is 10.2 Å². The van der Waals surface area contributed by atoms with Crippen LogP contribution in [-0.2, 0) is 61.6 Å². The van der Waals surface area contributed by atoms with Gasteiger partial charge in [0.1, 0.15) is 47.8 Å². The lowest BCUT2D eigenvalue weighted by molar-refractivity contribution is -0.183. The van der Waals surface area contributed by atoms with E-state index in [1.54, 1.807) is 30.3 Å². The molecule has 8 heterocycles. The van der Waals surface area contributed by atoms with Gasteiger partial charge in [-0.05, 0) is 46.1 Å². The third-order valence-corrected chi connectivity index (χ3v) is 26.8. The second-order valence-electron chi connectivity index (χ2n) is 19.5. The number of H-pyrrole nitrogens is 1. The molecule has 4 fully saturated rings. The monoisotopic (exact) mass is 1110 g/mol. The van der Waals surface area contributed by atoms with Crippen molar-refractivity contribution in [3.63, 3.8) is 0 Å². The number of halogens is 1. The Morgan fingerprint density at radius 2 is 1.75 bits per heavy atom. The van der Waals surface area contributed by atoms with Gasteiger partial charge in [0.15, 0.2) is 40.9 Å². The van der Waals surface area contributed by atoms with Gasteiger partial charge in [0.05, 0.1) is 51.6 Å². The quantitative estimate of drug-likeness (QED) is 0.0462. The molecule has 4 saturated heterocycles. The average Bonchev–Trinajstić information content (AvgIpc) is 4.15. The molecular weight excluding hydrogens is 1050 g/mol. The highest BCUT2D eigenvalue weighted by atomic mass is 32.5. The molecule has 2 bridgehead atoms. The van der Waals surface area contributed by atoms with E-state index in [2.05, 4.69) is 57.9 Å². The van der Waals surface area contributed by atoms with Crippen LogP contribution in [0.15, 0.2) is 60.3 Å². The summed E-state index contributed by atoms with van der Waals surface area (Å²) in [5.74, 6) is -1.19. The topological polar surface area (TPSA) is 277 Å². The van der Waals surface area contributed by atoms with Crippen LogP contribution in [0, 0.1) is 17.1 Å². The van der Waals surface area contributed by atoms with Crippen molar-refractivity contribution < 1.29 is 63.9 Å². The lowest BCUT2D eigenvalue weighted by Crippen LogP contribution is -2.65. The number of nitrogens with zero attached hydrogens (tertiary/aromatic N) is 7. The zero-order chi connectivity index (χ0) is 52.2. The van der Waals surface area contributed by atoms with E-state index in [-0.39, 0.29) is 76.4 Å². The lowest BCUT2D eigenvalue weighted by atomic mass is 10.0. The molecule has 0 radical (unpaired) electrons. The zero-order valence-corrected chi connectivity index (χ0v) is 45.9. The molecule has 0 saturated carbocycles. The molecule has 2 unspecified atom stereocenters. The number of carbonyl (C=O) groups excluding carboxylic acids is 1. The molecule has 4 aliphatic heterocycles. The third-order valence-electron chi connectivity index (χ3n) is 13.7. The Kier molecular flexibility index (Phi) is 15.6. The molecule has 0 aliphatic carbocycles. The van der Waals surface area contributed by atoms with Crippen LogP contribution < -0.4 is 10.9 Å². The van der Waals surface area contributed by atoms with E-state index in [0.717, 1.165) is 12.5 Å². The van der Waals surface area contributed by atoms with Gasteiger partial charge in [-0.1, -0.05) is 73.6 Å². The maximum absolute atomic E-state index is 15.9. The molecule has 73 heavy (non-hydrogen) atoms. The minimum atomic E-state index is -4.20. The predicted octanol–water partition coefficient (Wildman–Crippen LogP) is 6.80. The maximum Gasteiger partial charge on any atom is 0.335 e. The molecule has 1 amide bonds. The van der Waals surface area contributed by atoms with Crippen LogP contribution in [0.5, 0.6) is 0 Å². The third kappa shape index (κ3) is 9.88. The van der Waals surface area contributed by atoms with Gasteiger partial charge in [-0.3, -0.25) is 23.2 Å². The number of aromatic amines is 1. The predicted molar refractivity (Wildman–Crippen MR) is 268 cm³/mol. The van der Waals surface area contributed by atoms with Crippen LogP contribution in [0.25, 0.3) is 22.2 Å². The summed E-state index contributed by atoms with van der Waals surface area (Å²) >= 11 is 6.24. The summed E-state index contributed by atoms with van der Waals surface area (Å²) in [6, 6.07) is 10.6. The fourth-order valence-corrected chi connectivity index (χ4v) is 24.1. The summed E-state index contributed by atoms with van der Waals surface area (Å²) in [6.45, 7) is 11.3. The molecule has 4 aliphatic rings. The van der Waals surface area contributed by atoms with Gasteiger partial charge in [-0.2, -0.15) is 5.26 Å². The van der Waals surface area contributed by atoms with Gasteiger partial charge in [-0.25, -0.2) is 24.3 Å². The highest BCUT2D eigenvalue weighted by molar-refractivity contribution is 8.07. The molecule has 4 aromatic heterocycles. The molecule has 394 valence electrons. The van der Waals surface area contributed by atoms with Crippen LogP contribution in [0.3, 0.4) is 0 Å².